The van der Waals surface area contributed by atoms with Crippen LogP contribution in [0, 0.1) is 15.9 Å². The molecule has 2 aromatic rings. The number of fused-ring (bicyclic) bond motifs is 1. The Kier molecular flexibility index (Phi) is 5.06. The van der Waals surface area contributed by atoms with E-state index < -0.39 is 16.5 Å². The number of rotatable bonds is 5. The van der Waals surface area contributed by atoms with E-state index in [1.54, 1.807) is 12.1 Å². The zero-order valence-corrected chi connectivity index (χ0v) is 14.0. The summed E-state index contributed by atoms with van der Waals surface area (Å²) in [6.07, 6.45) is 1.30. The molecule has 0 N–H and O–H groups in total. The van der Waals surface area contributed by atoms with Crippen molar-refractivity contribution in [3.8, 4) is 0 Å². The molecule has 0 saturated carbocycles. The van der Waals surface area contributed by atoms with Crippen LogP contribution in [0.15, 0.2) is 42.5 Å². The molecule has 1 amide bonds. The lowest BCUT2D eigenvalue weighted by Gasteiger charge is -2.29. The highest BCUT2D eigenvalue weighted by molar-refractivity contribution is 6.01. The summed E-state index contributed by atoms with van der Waals surface area (Å²) in [4.78, 5) is 36.7. The molecule has 0 spiro atoms. The SMILES string of the molecule is O=C(CCC(=O)N1CCCc2ccc([N+](=O)[O-])cc21)c1ccccc1F. The van der Waals surface area contributed by atoms with E-state index >= 15 is 0 Å². The number of hydrogen-bond donors (Lipinski definition) is 0. The van der Waals surface area contributed by atoms with Gasteiger partial charge in [-0.15, -0.1) is 0 Å². The largest absolute Gasteiger partial charge is 0.312 e. The second kappa shape index (κ2) is 7.43. The highest BCUT2D eigenvalue weighted by Crippen LogP contribution is 2.31. The predicted octanol–water partition coefficient (Wildman–Crippen LogP) is 3.68. The number of carbonyl (C=O) groups is 2. The predicted molar refractivity (Wildman–Crippen MR) is 93.7 cm³/mol. The van der Waals surface area contributed by atoms with Crippen molar-refractivity contribution in [2.24, 2.45) is 0 Å². The number of non-ortho nitro benzene ring substituents is 1. The minimum absolute atomic E-state index is 0.0324. The quantitative estimate of drug-likeness (QED) is 0.465. The minimum Gasteiger partial charge on any atom is -0.312 e. The van der Waals surface area contributed by atoms with Crippen molar-refractivity contribution in [3.05, 3.63) is 69.5 Å². The number of anilines is 1. The normalized spacial score (nSPS) is 13.2. The number of Topliss-reactive ketones (excluding diaryl/α,β-unsaturated/α-hetero) is 1. The van der Waals surface area contributed by atoms with Crippen molar-refractivity contribution in [2.45, 2.75) is 25.7 Å². The topological polar surface area (TPSA) is 80.5 Å². The van der Waals surface area contributed by atoms with Gasteiger partial charge in [-0.25, -0.2) is 4.39 Å². The van der Waals surface area contributed by atoms with Crippen LogP contribution in [0.25, 0.3) is 0 Å². The minimum atomic E-state index is -0.608. The van der Waals surface area contributed by atoms with Crippen LogP contribution in [0.5, 0.6) is 0 Å². The molecule has 26 heavy (non-hydrogen) atoms. The van der Waals surface area contributed by atoms with Crippen LogP contribution in [-0.2, 0) is 11.2 Å². The molecule has 134 valence electrons. The first kappa shape index (κ1) is 17.7. The van der Waals surface area contributed by atoms with Gasteiger partial charge in [-0.05, 0) is 30.5 Å². The number of aryl methyl sites for hydroxylation is 1. The molecule has 0 aromatic heterocycles. The van der Waals surface area contributed by atoms with Crippen molar-refractivity contribution in [1.82, 2.24) is 0 Å². The third-order valence-corrected chi connectivity index (χ3v) is 4.44. The van der Waals surface area contributed by atoms with Crippen LogP contribution in [0.3, 0.4) is 0 Å². The van der Waals surface area contributed by atoms with Crippen LogP contribution >= 0.6 is 0 Å². The molecule has 2 aromatic carbocycles. The van der Waals surface area contributed by atoms with Gasteiger partial charge in [0.05, 0.1) is 16.2 Å². The van der Waals surface area contributed by atoms with E-state index in [0.29, 0.717) is 12.2 Å². The van der Waals surface area contributed by atoms with Crippen molar-refractivity contribution < 1.29 is 18.9 Å². The van der Waals surface area contributed by atoms with E-state index in [1.807, 2.05) is 0 Å². The van der Waals surface area contributed by atoms with E-state index in [1.165, 1.54) is 35.2 Å². The molecule has 7 heteroatoms. The first-order valence-electron chi connectivity index (χ1n) is 8.33. The van der Waals surface area contributed by atoms with Gasteiger partial charge < -0.3 is 4.90 Å². The summed E-state index contributed by atoms with van der Waals surface area (Å²) >= 11 is 0. The summed E-state index contributed by atoms with van der Waals surface area (Å²) in [5, 5.41) is 11.0. The molecule has 0 saturated heterocycles. The number of benzene rings is 2. The summed E-state index contributed by atoms with van der Waals surface area (Å²) in [6, 6.07) is 10.1. The van der Waals surface area contributed by atoms with Gasteiger partial charge in [-0.2, -0.15) is 0 Å². The number of halogens is 1. The Labute approximate surface area is 149 Å². The van der Waals surface area contributed by atoms with Gasteiger partial charge in [0.1, 0.15) is 5.82 Å². The zero-order valence-electron chi connectivity index (χ0n) is 14.0. The third kappa shape index (κ3) is 3.61. The van der Waals surface area contributed by atoms with Gasteiger partial charge in [0.2, 0.25) is 5.91 Å². The van der Waals surface area contributed by atoms with Crippen LogP contribution in [-0.4, -0.2) is 23.2 Å². The van der Waals surface area contributed by atoms with Gasteiger partial charge in [0, 0.05) is 31.5 Å². The highest BCUT2D eigenvalue weighted by Gasteiger charge is 2.25. The fraction of sp³-hybridized carbons (Fsp3) is 0.263. The van der Waals surface area contributed by atoms with Crippen LogP contribution < -0.4 is 4.90 Å². The second-order valence-electron chi connectivity index (χ2n) is 6.12. The maximum Gasteiger partial charge on any atom is 0.271 e. The number of ketones is 1. The lowest BCUT2D eigenvalue weighted by molar-refractivity contribution is -0.384. The van der Waals surface area contributed by atoms with Gasteiger partial charge in [-0.3, -0.25) is 19.7 Å². The molecule has 0 unspecified atom stereocenters. The van der Waals surface area contributed by atoms with E-state index in [4.69, 9.17) is 0 Å². The molecule has 0 aliphatic carbocycles. The van der Waals surface area contributed by atoms with Gasteiger partial charge in [-0.1, -0.05) is 18.2 Å². The fourth-order valence-electron chi connectivity index (χ4n) is 3.11. The van der Waals surface area contributed by atoms with E-state index in [2.05, 4.69) is 0 Å². The van der Waals surface area contributed by atoms with Gasteiger partial charge >= 0.3 is 0 Å². The van der Waals surface area contributed by atoms with Crippen molar-refractivity contribution in [3.63, 3.8) is 0 Å². The molecule has 1 heterocycles. The monoisotopic (exact) mass is 356 g/mol. The maximum atomic E-state index is 13.7. The van der Waals surface area contributed by atoms with E-state index in [9.17, 15) is 24.1 Å². The van der Waals surface area contributed by atoms with Crippen molar-refractivity contribution in [2.75, 3.05) is 11.4 Å². The number of amides is 1. The Morgan fingerprint density at radius 1 is 1.15 bits per heavy atom. The number of nitro groups is 1. The smallest absolute Gasteiger partial charge is 0.271 e. The molecule has 1 aliphatic heterocycles. The van der Waals surface area contributed by atoms with E-state index in [-0.39, 0.29) is 30.0 Å². The molecule has 0 bridgehead atoms. The summed E-state index contributed by atoms with van der Waals surface area (Å²) in [5.74, 6) is -1.34. The Morgan fingerprint density at radius 3 is 2.65 bits per heavy atom. The number of nitrogens with zero attached hydrogens (tertiary/aromatic N) is 2. The molecular weight excluding hydrogens is 339 g/mol. The van der Waals surface area contributed by atoms with Gasteiger partial charge in [0.25, 0.3) is 5.69 Å². The first-order chi connectivity index (χ1) is 12.5. The van der Waals surface area contributed by atoms with Crippen LogP contribution in [0.1, 0.15) is 35.2 Å². The standard InChI is InChI=1S/C19H17FN2O4/c20-16-6-2-1-5-15(16)18(23)9-10-19(24)21-11-3-4-13-7-8-14(22(25)26)12-17(13)21/h1-2,5-8,12H,3-4,9-11H2. The summed E-state index contributed by atoms with van der Waals surface area (Å²) < 4.78 is 13.7. The van der Waals surface area contributed by atoms with E-state index in [0.717, 1.165) is 18.4 Å². The maximum absolute atomic E-state index is 13.7. The summed E-state index contributed by atoms with van der Waals surface area (Å²) in [6.45, 7) is 0.445. The molecule has 1 aliphatic rings. The lowest BCUT2D eigenvalue weighted by atomic mass is 10.00. The average molecular weight is 356 g/mol. The van der Waals surface area contributed by atoms with Crippen molar-refractivity contribution >= 4 is 23.1 Å². The highest BCUT2D eigenvalue weighted by atomic mass is 19.1. The number of carbonyl (C=O) groups excluding carboxylic acids is 2. The molecule has 0 atom stereocenters. The lowest BCUT2D eigenvalue weighted by Crippen LogP contribution is -2.35. The Morgan fingerprint density at radius 2 is 1.92 bits per heavy atom. The van der Waals surface area contributed by atoms with Crippen LogP contribution in [0.4, 0.5) is 15.8 Å². The number of hydrogen-bond acceptors (Lipinski definition) is 4. The third-order valence-electron chi connectivity index (χ3n) is 4.44. The average Bonchev–Trinajstić information content (AvgIpc) is 2.65. The first-order valence-corrected chi connectivity index (χ1v) is 8.33. The van der Waals surface area contributed by atoms with Gasteiger partial charge in [0.15, 0.2) is 5.78 Å². The summed E-state index contributed by atoms with van der Waals surface area (Å²) in [7, 11) is 0. The Balaban J connectivity index is 1.73. The fourth-order valence-corrected chi connectivity index (χ4v) is 3.11. The molecule has 0 radical (unpaired) electrons. The molecule has 3 rings (SSSR count). The number of nitro benzene ring substituents is 1. The molecule has 6 nitrogen and oxygen atoms in total. The summed E-state index contributed by atoms with van der Waals surface area (Å²) in [5.41, 5.74) is 1.28. The Hall–Kier alpha value is -3.09. The molecule has 0 fully saturated rings. The second-order valence-corrected chi connectivity index (χ2v) is 6.12. The molecular formula is C19H17FN2O4. The van der Waals surface area contributed by atoms with Crippen LogP contribution in [0.2, 0.25) is 0 Å². The van der Waals surface area contributed by atoms with Crippen molar-refractivity contribution in [1.29, 1.82) is 0 Å². The zero-order chi connectivity index (χ0) is 18.7. The Bertz CT molecular complexity index is 882.